The van der Waals surface area contributed by atoms with E-state index in [2.05, 4.69) is 52.8 Å². The molecule has 0 saturated carbocycles. The SMILES string of the molecule is CCC(=O)CC1CC/C(=C(C)/C=C/C2=C(C)CCCC2(C)C)C=C(C)C1. The van der Waals surface area contributed by atoms with Crippen molar-refractivity contribution in [2.24, 2.45) is 11.3 Å². The van der Waals surface area contributed by atoms with Crippen molar-refractivity contribution in [3.8, 4) is 0 Å². The van der Waals surface area contributed by atoms with Gasteiger partial charge in [-0.15, -0.1) is 0 Å². The van der Waals surface area contributed by atoms with Crippen molar-refractivity contribution in [2.45, 2.75) is 92.9 Å². The Morgan fingerprint density at radius 2 is 2.00 bits per heavy atom. The molecule has 0 spiro atoms. The Balaban J connectivity index is 2.16. The standard InChI is InChI=1S/C25H38O/c1-7-23(26)17-21-11-12-22(16-18(2)15-21)19(3)10-13-24-20(4)9-8-14-25(24,5)6/h10,13,16,21H,7-9,11-12,14-15,17H2,1-6H3/b13-10+,22-19-. The van der Waals surface area contributed by atoms with Crippen LogP contribution in [-0.2, 0) is 4.79 Å². The summed E-state index contributed by atoms with van der Waals surface area (Å²) < 4.78 is 0. The molecule has 26 heavy (non-hydrogen) atoms. The van der Waals surface area contributed by atoms with Crippen molar-refractivity contribution in [3.05, 3.63) is 46.1 Å². The quantitative estimate of drug-likeness (QED) is 0.499. The minimum atomic E-state index is 0.296. The van der Waals surface area contributed by atoms with Gasteiger partial charge in [-0.1, -0.05) is 50.1 Å². The van der Waals surface area contributed by atoms with Gasteiger partial charge in [-0.3, -0.25) is 4.79 Å². The van der Waals surface area contributed by atoms with Gasteiger partial charge < -0.3 is 0 Å². The maximum absolute atomic E-state index is 11.8. The second kappa shape index (κ2) is 9.02. The minimum Gasteiger partial charge on any atom is -0.300 e. The fourth-order valence-corrected chi connectivity index (χ4v) is 4.62. The first kappa shape index (κ1) is 20.9. The molecule has 1 heteroatoms. The molecule has 0 N–H and O–H groups in total. The van der Waals surface area contributed by atoms with Crippen LogP contribution in [0.1, 0.15) is 92.9 Å². The first-order chi connectivity index (χ1) is 12.2. The van der Waals surface area contributed by atoms with Gasteiger partial charge in [0.1, 0.15) is 5.78 Å². The van der Waals surface area contributed by atoms with Crippen LogP contribution in [0, 0.1) is 11.3 Å². The summed E-state index contributed by atoms with van der Waals surface area (Å²) in [6, 6.07) is 0. The monoisotopic (exact) mass is 354 g/mol. The first-order valence-electron chi connectivity index (χ1n) is 10.5. The van der Waals surface area contributed by atoms with Crippen LogP contribution in [0.2, 0.25) is 0 Å². The number of hydrogen-bond acceptors (Lipinski definition) is 1. The third-order valence-electron chi connectivity index (χ3n) is 6.31. The Morgan fingerprint density at radius 1 is 1.27 bits per heavy atom. The Hall–Kier alpha value is -1.37. The van der Waals surface area contributed by atoms with Crippen molar-refractivity contribution in [1.29, 1.82) is 0 Å². The molecule has 0 aromatic rings. The number of rotatable bonds is 5. The predicted molar refractivity (Wildman–Crippen MR) is 113 cm³/mol. The number of Topliss-reactive ketones (excluding diaryl/α,β-unsaturated/α-hetero) is 1. The molecule has 0 saturated heterocycles. The highest BCUT2D eigenvalue weighted by Crippen LogP contribution is 2.41. The van der Waals surface area contributed by atoms with E-state index in [1.807, 2.05) is 6.92 Å². The van der Waals surface area contributed by atoms with Gasteiger partial charge in [-0.25, -0.2) is 0 Å². The van der Waals surface area contributed by atoms with E-state index in [0.717, 1.165) is 25.7 Å². The van der Waals surface area contributed by atoms with Crippen LogP contribution in [0.15, 0.2) is 46.1 Å². The summed E-state index contributed by atoms with van der Waals surface area (Å²) in [6.45, 7) is 13.5. The summed E-state index contributed by atoms with van der Waals surface area (Å²) in [5.41, 5.74) is 7.65. The van der Waals surface area contributed by atoms with Crippen LogP contribution in [0.25, 0.3) is 0 Å². The van der Waals surface area contributed by atoms with E-state index < -0.39 is 0 Å². The summed E-state index contributed by atoms with van der Waals surface area (Å²) in [7, 11) is 0. The molecule has 0 amide bonds. The zero-order valence-corrected chi connectivity index (χ0v) is 17.9. The summed E-state index contributed by atoms with van der Waals surface area (Å²) in [6.07, 6.45) is 15.7. The molecule has 0 aliphatic heterocycles. The second-order valence-electron chi connectivity index (χ2n) is 9.17. The van der Waals surface area contributed by atoms with E-state index in [4.69, 9.17) is 0 Å². The molecule has 0 aromatic heterocycles. The highest BCUT2D eigenvalue weighted by atomic mass is 16.1. The Kier molecular flexibility index (Phi) is 7.26. The Bertz CT molecular complexity index is 652. The topological polar surface area (TPSA) is 17.1 Å². The molecule has 0 bridgehead atoms. The highest BCUT2D eigenvalue weighted by Gasteiger charge is 2.26. The van der Waals surface area contributed by atoms with Gasteiger partial charge in [-0.05, 0) is 87.3 Å². The molecule has 0 fully saturated rings. The summed E-state index contributed by atoms with van der Waals surface area (Å²) in [5, 5.41) is 0. The van der Waals surface area contributed by atoms with Crippen molar-refractivity contribution >= 4 is 5.78 Å². The number of carbonyl (C=O) groups excluding carboxylic acids is 1. The lowest BCUT2D eigenvalue weighted by Gasteiger charge is -2.33. The summed E-state index contributed by atoms with van der Waals surface area (Å²) in [5.74, 6) is 0.934. The zero-order valence-electron chi connectivity index (χ0n) is 17.9. The number of ketones is 1. The maximum atomic E-state index is 11.8. The van der Waals surface area contributed by atoms with Crippen molar-refractivity contribution in [2.75, 3.05) is 0 Å². The first-order valence-corrected chi connectivity index (χ1v) is 10.5. The van der Waals surface area contributed by atoms with Gasteiger partial charge in [0, 0.05) is 12.8 Å². The number of hydrogen-bond donors (Lipinski definition) is 0. The fraction of sp³-hybridized carbons (Fsp3) is 0.640. The van der Waals surface area contributed by atoms with Gasteiger partial charge in [-0.2, -0.15) is 0 Å². The molecule has 2 aliphatic carbocycles. The van der Waals surface area contributed by atoms with Crippen LogP contribution >= 0.6 is 0 Å². The van der Waals surface area contributed by atoms with E-state index in [-0.39, 0.29) is 0 Å². The average Bonchev–Trinajstić information content (AvgIpc) is 2.74. The second-order valence-corrected chi connectivity index (χ2v) is 9.17. The van der Waals surface area contributed by atoms with Crippen LogP contribution in [0.4, 0.5) is 0 Å². The largest absolute Gasteiger partial charge is 0.300 e. The molecule has 1 unspecified atom stereocenters. The van der Waals surface area contributed by atoms with Crippen molar-refractivity contribution in [3.63, 3.8) is 0 Å². The Morgan fingerprint density at radius 3 is 2.65 bits per heavy atom. The van der Waals surface area contributed by atoms with E-state index >= 15 is 0 Å². The highest BCUT2D eigenvalue weighted by molar-refractivity contribution is 5.78. The van der Waals surface area contributed by atoms with Gasteiger partial charge in [0.2, 0.25) is 0 Å². The maximum Gasteiger partial charge on any atom is 0.132 e. The Labute approximate surface area is 161 Å². The third kappa shape index (κ3) is 5.56. The van der Waals surface area contributed by atoms with Crippen molar-refractivity contribution in [1.82, 2.24) is 0 Å². The lowest BCUT2D eigenvalue weighted by atomic mass is 9.72. The smallest absolute Gasteiger partial charge is 0.132 e. The summed E-state index contributed by atoms with van der Waals surface area (Å²) >= 11 is 0. The lowest BCUT2D eigenvalue weighted by Crippen LogP contribution is -2.19. The molecule has 0 heterocycles. The molecule has 0 radical (unpaired) electrons. The van der Waals surface area contributed by atoms with E-state index in [0.29, 0.717) is 23.5 Å². The minimum absolute atomic E-state index is 0.296. The molecule has 144 valence electrons. The van der Waals surface area contributed by atoms with Gasteiger partial charge in [0.25, 0.3) is 0 Å². The van der Waals surface area contributed by atoms with Gasteiger partial charge in [0.05, 0.1) is 0 Å². The zero-order chi connectivity index (χ0) is 19.3. The summed E-state index contributed by atoms with van der Waals surface area (Å²) in [4.78, 5) is 11.8. The lowest BCUT2D eigenvalue weighted by molar-refractivity contribution is -0.119. The fourth-order valence-electron chi connectivity index (χ4n) is 4.62. The molecule has 1 atom stereocenters. The predicted octanol–water partition coefficient (Wildman–Crippen LogP) is 7.50. The van der Waals surface area contributed by atoms with Crippen LogP contribution in [0.5, 0.6) is 0 Å². The van der Waals surface area contributed by atoms with Crippen LogP contribution in [0.3, 0.4) is 0 Å². The number of allylic oxidation sites excluding steroid dienone is 8. The normalized spacial score (nSPS) is 25.9. The molecule has 0 aromatic carbocycles. The molecular formula is C25H38O. The van der Waals surface area contributed by atoms with Crippen LogP contribution in [-0.4, -0.2) is 5.78 Å². The van der Waals surface area contributed by atoms with Gasteiger partial charge in [0.15, 0.2) is 0 Å². The van der Waals surface area contributed by atoms with E-state index in [1.54, 1.807) is 5.57 Å². The average molecular weight is 355 g/mol. The molecule has 2 aliphatic rings. The molecule has 1 nitrogen and oxygen atoms in total. The molecule has 2 rings (SSSR count). The van der Waals surface area contributed by atoms with E-state index in [1.165, 1.54) is 41.6 Å². The number of carbonyl (C=O) groups is 1. The van der Waals surface area contributed by atoms with Gasteiger partial charge >= 0.3 is 0 Å². The van der Waals surface area contributed by atoms with Crippen LogP contribution < -0.4 is 0 Å². The molecular weight excluding hydrogens is 316 g/mol. The van der Waals surface area contributed by atoms with Crippen molar-refractivity contribution < 1.29 is 4.79 Å². The van der Waals surface area contributed by atoms with E-state index in [9.17, 15) is 4.79 Å². The third-order valence-corrected chi connectivity index (χ3v) is 6.31.